The number of anilines is 1. The van der Waals surface area contributed by atoms with Crippen LogP contribution in [0.3, 0.4) is 0 Å². The fourth-order valence-corrected chi connectivity index (χ4v) is 7.46. The predicted octanol–water partition coefficient (Wildman–Crippen LogP) is 5.83. The van der Waals surface area contributed by atoms with E-state index >= 15 is 0 Å². The van der Waals surface area contributed by atoms with E-state index in [2.05, 4.69) is 33.1 Å². The number of aromatic hydroxyl groups is 1. The van der Waals surface area contributed by atoms with Gasteiger partial charge < -0.3 is 29.6 Å². The Morgan fingerprint density at radius 2 is 1.91 bits per heavy atom. The number of carbonyl (C=O) groups excluding carboxylic acids is 1. The number of carbonyl (C=O) groups is 1. The molecule has 3 aromatic heterocycles. The summed E-state index contributed by atoms with van der Waals surface area (Å²) in [5, 5.41) is 10.9. The van der Waals surface area contributed by atoms with E-state index in [1.807, 2.05) is 31.3 Å². The molecule has 8 rings (SSSR count). The summed E-state index contributed by atoms with van der Waals surface area (Å²) in [7, 11) is 3.66. The van der Waals surface area contributed by atoms with Gasteiger partial charge in [-0.2, -0.15) is 0 Å². The van der Waals surface area contributed by atoms with Crippen LogP contribution >= 0.6 is 0 Å². The van der Waals surface area contributed by atoms with Gasteiger partial charge in [-0.3, -0.25) is 4.79 Å². The minimum atomic E-state index is 0.0635. The number of methoxy groups -OCH3 is 1. The van der Waals surface area contributed by atoms with Gasteiger partial charge in [0, 0.05) is 42.7 Å². The molecule has 3 aliphatic rings. The molecule has 220 valence electrons. The number of nitrogens with two attached hydrogens (primary N) is 1. The second-order valence-corrected chi connectivity index (χ2v) is 12.7. The third kappa shape index (κ3) is 4.08. The molecular weight excluding hydrogens is 540 g/mol. The highest BCUT2D eigenvalue weighted by atomic mass is 16.5. The third-order valence-electron chi connectivity index (χ3n) is 10.1. The van der Waals surface area contributed by atoms with E-state index < -0.39 is 0 Å². The van der Waals surface area contributed by atoms with Crippen molar-refractivity contribution in [2.24, 2.45) is 24.8 Å². The molecule has 2 bridgehead atoms. The number of nitrogen functional groups attached to an aromatic ring is 1. The monoisotopic (exact) mass is 576 g/mol. The number of hydrogen-bond acceptors (Lipinski definition) is 6. The minimum Gasteiger partial charge on any atom is -0.506 e. The summed E-state index contributed by atoms with van der Waals surface area (Å²) < 4.78 is 10.2. The van der Waals surface area contributed by atoms with Crippen LogP contribution in [0, 0.1) is 17.8 Å². The van der Waals surface area contributed by atoms with Gasteiger partial charge in [-0.15, -0.1) is 0 Å². The molecule has 5 aromatic rings. The second-order valence-electron chi connectivity index (χ2n) is 12.7. The first-order valence-electron chi connectivity index (χ1n) is 15.3. The molecule has 1 amide bonds. The van der Waals surface area contributed by atoms with Crippen LogP contribution in [0.1, 0.15) is 43.0 Å². The number of amides is 1. The molecule has 0 spiro atoms. The molecular formula is C34H36N6O3. The average Bonchev–Trinajstić information content (AvgIpc) is 3.42. The minimum absolute atomic E-state index is 0.0635. The summed E-state index contributed by atoms with van der Waals surface area (Å²) in [6, 6.07) is 15.5. The summed E-state index contributed by atoms with van der Waals surface area (Å²) in [4.78, 5) is 26.0. The Bertz CT molecular complexity index is 1940. The van der Waals surface area contributed by atoms with E-state index in [9.17, 15) is 9.90 Å². The maximum absolute atomic E-state index is 13.7. The lowest BCUT2D eigenvalue weighted by molar-refractivity contribution is 0.0696. The molecule has 3 N–H and O–H groups in total. The van der Waals surface area contributed by atoms with Crippen molar-refractivity contribution in [1.29, 1.82) is 0 Å². The van der Waals surface area contributed by atoms with E-state index in [-0.39, 0.29) is 11.7 Å². The van der Waals surface area contributed by atoms with Gasteiger partial charge in [0.1, 0.15) is 22.7 Å². The van der Waals surface area contributed by atoms with E-state index in [0.717, 1.165) is 64.4 Å². The predicted molar refractivity (Wildman–Crippen MR) is 167 cm³/mol. The van der Waals surface area contributed by atoms with Gasteiger partial charge in [-0.1, -0.05) is 6.92 Å². The smallest absolute Gasteiger partial charge is 0.254 e. The van der Waals surface area contributed by atoms with Gasteiger partial charge >= 0.3 is 0 Å². The number of fused-ring (bicyclic) bond motifs is 4. The second kappa shape index (κ2) is 9.49. The molecule has 3 fully saturated rings. The highest BCUT2D eigenvalue weighted by Crippen LogP contribution is 2.44. The van der Waals surface area contributed by atoms with E-state index in [1.54, 1.807) is 19.2 Å². The highest BCUT2D eigenvalue weighted by Gasteiger charge is 2.46. The van der Waals surface area contributed by atoms with Crippen molar-refractivity contribution in [1.82, 2.24) is 24.0 Å². The van der Waals surface area contributed by atoms with Crippen molar-refractivity contribution >= 4 is 33.7 Å². The summed E-state index contributed by atoms with van der Waals surface area (Å²) in [5.41, 5.74) is 12.1. The number of rotatable bonds is 6. The van der Waals surface area contributed by atoms with Gasteiger partial charge in [-0.05, 0) is 92.0 Å². The van der Waals surface area contributed by atoms with Crippen LogP contribution in [0.5, 0.6) is 11.5 Å². The lowest BCUT2D eigenvalue weighted by Crippen LogP contribution is -2.38. The van der Waals surface area contributed by atoms with Crippen LogP contribution in [0.4, 0.5) is 5.69 Å². The van der Waals surface area contributed by atoms with Gasteiger partial charge in [0.2, 0.25) is 0 Å². The number of hydrogen-bond donors (Lipinski definition) is 2. The Labute approximate surface area is 249 Å². The number of imidazole rings is 1. The van der Waals surface area contributed by atoms with Crippen molar-refractivity contribution in [3.63, 3.8) is 0 Å². The fraction of sp³-hybridized carbons (Fsp3) is 0.382. The maximum atomic E-state index is 13.7. The number of phenolic OH excluding ortho intramolecular Hbond substituents is 1. The largest absolute Gasteiger partial charge is 0.506 e. The summed E-state index contributed by atoms with van der Waals surface area (Å²) in [6.07, 6.45) is 4.71. The van der Waals surface area contributed by atoms with Crippen LogP contribution in [0.25, 0.3) is 44.8 Å². The number of pyridine rings is 1. The van der Waals surface area contributed by atoms with Crippen LogP contribution < -0.4 is 10.5 Å². The number of aryl methyl sites for hydroxylation is 1. The fourth-order valence-electron chi connectivity index (χ4n) is 7.46. The number of aromatic nitrogens is 4. The summed E-state index contributed by atoms with van der Waals surface area (Å²) in [6.45, 7) is 3.97. The number of phenols is 1. The Morgan fingerprint density at radius 1 is 1.07 bits per heavy atom. The zero-order chi connectivity index (χ0) is 29.6. The molecule has 9 heteroatoms. The van der Waals surface area contributed by atoms with Crippen molar-refractivity contribution in [3.05, 3.63) is 54.1 Å². The Kier molecular flexibility index (Phi) is 5.77. The molecule has 1 saturated heterocycles. The van der Waals surface area contributed by atoms with Crippen LogP contribution in [0.2, 0.25) is 0 Å². The maximum Gasteiger partial charge on any atom is 0.254 e. The number of nitrogens with zero attached hydrogens (tertiary/aromatic N) is 5. The first-order valence-corrected chi connectivity index (χ1v) is 15.3. The number of likely N-dealkylation sites (tertiary alicyclic amines) is 1. The first kappa shape index (κ1) is 26.1. The standard InChI is InChI=1S/C34H36N6O3/c1-18-22-7-10-27(18)40(17-22)34(42)23-13-26-31(30(15-23)43-3)38(2)33(37-26)28-14-21-6-9-25(20-8-11-29(41)24(35)12-20)36-32(21)39(28)16-19-4-5-19/h6,8-9,11-15,18-19,22,27,41H,4-5,7,10,16-17,35H2,1-3H3/t18-,22?,27?/m1/s1. The SMILES string of the molecule is COc1cc(C(=O)N2CC3CCC2[C@@H]3C)cc2nc(-c3cc4ccc(-c5ccc(O)c(N)c5)nc4n3CC3CC3)n(C)c12. The van der Waals surface area contributed by atoms with Gasteiger partial charge in [0.15, 0.2) is 5.82 Å². The van der Waals surface area contributed by atoms with Crippen LogP contribution in [0.15, 0.2) is 48.5 Å². The summed E-state index contributed by atoms with van der Waals surface area (Å²) in [5.74, 6) is 3.36. The normalized spacial score (nSPS) is 21.4. The van der Waals surface area contributed by atoms with Gasteiger partial charge in [0.05, 0.1) is 29.7 Å². The zero-order valence-electron chi connectivity index (χ0n) is 24.7. The first-order chi connectivity index (χ1) is 20.8. The molecule has 9 nitrogen and oxygen atoms in total. The quantitative estimate of drug-likeness (QED) is 0.194. The molecule has 2 aromatic carbocycles. The van der Waals surface area contributed by atoms with E-state index in [0.29, 0.717) is 40.8 Å². The lowest BCUT2D eigenvalue weighted by atomic mass is 10.0. The third-order valence-corrected chi connectivity index (χ3v) is 10.1. The molecule has 4 heterocycles. The van der Waals surface area contributed by atoms with E-state index in [4.69, 9.17) is 20.4 Å². The van der Waals surface area contributed by atoms with Crippen molar-refractivity contribution in [2.45, 2.75) is 45.2 Å². The Hall–Kier alpha value is -4.53. The van der Waals surface area contributed by atoms with Crippen molar-refractivity contribution in [2.75, 3.05) is 19.4 Å². The molecule has 2 aliphatic carbocycles. The lowest BCUT2D eigenvalue weighted by Gasteiger charge is -2.27. The van der Waals surface area contributed by atoms with Gasteiger partial charge in [0.25, 0.3) is 5.91 Å². The highest BCUT2D eigenvalue weighted by molar-refractivity contribution is 6.00. The van der Waals surface area contributed by atoms with E-state index in [1.165, 1.54) is 19.3 Å². The van der Waals surface area contributed by atoms with Gasteiger partial charge in [-0.25, -0.2) is 9.97 Å². The summed E-state index contributed by atoms with van der Waals surface area (Å²) >= 11 is 0. The number of piperidine rings is 1. The average molecular weight is 577 g/mol. The molecule has 3 atom stereocenters. The topological polar surface area (TPSA) is 111 Å². The molecule has 43 heavy (non-hydrogen) atoms. The number of benzene rings is 2. The zero-order valence-corrected chi connectivity index (χ0v) is 24.7. The molecule has 1 aliphatic heterocycles. The Balaban J connectivity index is 1.24. The Morgan fingerprint density at radius 3 is 2.60 bits per heavy atom. The number of ether oxygens (including phenoxy) is 1. The van der Waals surface area contributed by atoms with Crippen molar-refractivity contribution in [3.8, 4) is 34.3 Å². The van der Waals surface area contributed by atoms with Crippen LogP contribution in [-0.4, -0.2) is 54.7 Å². The molecule has 2 saturated carbocycles. The molecule has 2 unspecified atom stereocenters. The van der Waals surface area contributed by atoms with Crippen LogP contribution in [-0.2, 0) is 13.6 Å². The molecule has 0 radical (unpaired) electrons. The van der Waals surface area contributed by atoms with Crippen molar-refractivity contribution < 1.29 is 14.6 Å².